The Morgan fingerprint density at radius 3 is 2.16 bits per heavy atom. The number of aliphatic hydroxyl groups is 1. The number of allylic oxidation sites excluding steroid dienone is 1. The number of amides is 2. The number of rotatable bonds is 20. The first-order valence-corrected chi connectivity index (χ1v) is 19.0. The molecule has 0 aliphatic carbocycles. The van der Waals surface area contributed by atoms with Gasteiger partial charge in [0.2, 0.25) is 5.91 Å². The molecule has 11 nitrogen and oxygen atoms in total. The average Bonchev–Trinajstić information content (AvgIpc) is 3.52. The monoisotopic (exact) mass is 775 g/mol. The largest absolute Gasteiger partial charge is 0.453 e. The van der Waals surface area contributed by atoms with Gasteiger partial charge in [-0.2, -0.15) is 0 Å². The van der Waals surface area contributed by atoms with Crippen LogP contribution in [0, 0.1) is 12.8 Å². The van der Waals surface area contributed by atoms with Crippen molar-refractivity contribution in [1.82, 2.24) is 4.90 Å². The molecular weight excluding hydrogens is 727 g/mol. The summed E-state index contributed by atoms with van der Waals surface area (Å²) < 4.78 is 22.8. The van der Waals surface area contributed by atoms with Crippen molar-refractivity contribution in [3.05, 3.63) is 149 Å². The number of aryl methyl sites for hydroxylation is 1. The third-order valence-corrected chi connectivity index (χ3v) is 9.63. The molecule has 0 spiro atoms. The molecule has 4 aromatic rings. The average molecular weight is 776 g/mol. The number of ether oxygens (including phenoxy) is 4. The van der Waals surface area contributed by atoms with Gasteiger partial charge in [0.1, 0.15) is 12.2 Å². The molecule has 5 unspecified atom stereocenters. The molecule has 1 N–H and O–H groups in total. The second kappa shape index (κ2) is 21.0. The lowest BCUT2D eigenvalue weighted by atomic mass is 9.87. The van der Waals surface area contributed by atoms with Gasteiger partial charge in [-0.05, 0) is 55.0 Å². The van der Waals surface area contributed by atoms with Gasteiger partial charge in [-0.1, -0.05) is 121 Å². The summed E-state index contributed by atoms with van der Waals surface area (Å²) in [7, 11) is 0. The molecule has 1 fully saturated rings. The Morgan fingerprint density at radius 2 is 1.53 bits per heavy atom. The minimum absolute atomic E-state index is 0.00430. The molecule has 2 amide bonds. The Hall–Kier alpha value is -5.75. The first kappa shape index (κ1) is 42.4. The number of cyclic esters (lactones) is 1. The van der Waals surface area contributed by atoms with Crippen LogP contribution in [0.15, 0.2) is 121 Å². The van der Waals surface area contributed by atoms with Crippen LogP contribution < -0.4 is 0 Å². The number of aliphatic hydroxyl groups excluding tert-OH is 1. The van der Waals surface area contributed by atoms with Crippen LogP contribution in [-0.2, 0) is 51.2 Å². The third kappa shape index (κ3) is 11.9. The molecule has 0 saturated carbocycles. The highest BCUT2D eigenvalue weighted by molar-refractivity contribution is 6.25. The van der Waals surface area contributed by atoms with Crippen molar-refractivity contribution in [2.75, 3.05) is 19.8 Å². The molecule has 57 heavy (non-hydrogen) atoms. The highest BCUT2D eigenvalue weighted by Gasteiger charge is 2.48. The summed E-state index contributed by atoms with van der Waals surface area (Å²) in [4.78, 5) is 69.9. The summed E-state index contributed by atoms with van der Waals surface area (Å²) in [5, 5.41) is 9.78. The van der Waals surface area contributed by atoms with Crippen LogP contribution in [0.3, 0.4) is 0 Å². The first-order valence-electron chi connectivity index (χ1n) is 19.0. The molecule has 5 rings (SSSR count). The van der Waals surface area contributed by atoms with Gasteiger partial charge in [-0.15, -0.1) is 0 Å². The lowest BCUT2D eigenvalue weighted by Gasteiger charge is -2.29. The number of carbonyl (C=O) groups is 5. The summed E-state index contributed by atoms with van der Waals surface area (Å²) in [6, 6.07) is 33.8. The number of hydrogen-bond acceptors (Lipinski definition) is 10. The second-order valence-electron chi connectivity index (χ2n) is 14.0. The van der Waals surface area contributed by atoms with Crippen LogP contribution in [0.1, 0.15) is 60.6 Å². The Labute approximate surface area is 333 Å². The van der Waals surface area contributed by atoms with E-state index in [0.29, 0.717) is 29.7 Å². The second-order valence-corrected chi connectivity index (χ2v) is 14.0. The zero-order valence-corrected chi connectivity index (χ0v) is 32.5. The lowest BCUT2D eigenvalue weighted by molar-refractivity contribution is -0.158. The van der Waals surface area contributed by atoms with Crippen molar-refractivity contribution in [3.63, 3.8) is 0 Å². The molecule has 0 radical (unpaired) electrons. The molecule has 1 aliphatic rings. The van der Waals surface area contributed by atoms with E-state index in [9.17, 15) is 29.1 Å². The Bertz CT molecular complexity index is 2000. The van der Waals surface area contributed by atoms with E-state index in [4.69, 9.17) is 18.9 Å². The summed E-state index contributed by atoms with van der Waals surface area (Å²) in [5.74, 6) is -4.08. The van der Waals surface area contributed by atoms with Gasteiger partial charge in [0.15, 0.2) is 17.7 Å². The fourth-order valence-corrected chi connectivity index (χ4v) is 6.72. The van der Waals surface area contributed by atoms with Crippen molar-refractivity contribution in [1.29, 1.82) is 0 Å². The van der Waals surface area contributed by atoms with Crippen molar-refractivity contribution >= 4 is 35.1 Å². The van der Waals surface area contributed by atoms with Crippen molar-refractivity contribution in [2.24, 2.45) is 5.92 Å². The minimum Gasteiger partial charge on any atom is -0.453 e. The number of hydrogen-bond donors (Lipinski definition) is 1. The van der Waals surface area contributed by atoms with Gasteiger partial charge >= 0.3 is 12.1 Å². The zero-order chi connectivity index (χ0) is 40.7. The van der Waals surface area contributed by atoms with E-state index in [1.165, 1.54) is 0 Å². The molecule has 298 valence electrons. The molecule has 1 saturated heterocycles. The van der Waals surface area contributed by atoms with Gasteiger partial charge in [0, 0.05) is 25.5 Å². The molecular formula is C46H49NO10. The highest BCUT2D eigenvalue weighted by atomic mass is 16.6. The summed E-state index contributed by atoms with van der Waals surface area (Å²) in [6.07, 6.45) is -2.50. The van der Waals surface area contributed by atoms with Crippen LogP contribution in [0.25, 0.3) is 5.57 Å². The number of Topliss-reactive ketones (excluding diaryl/α,β-unsaturated/α-hetero) is 1. The van der Waals surface area contributed by atoms with Gasteiger partial charge < -0.3 is 24.1 Å². The minimum atomic E-state index is -1.69. The van der Waals surface area contributed by atoms with E-state index in [1.807, 2.05) is 49.4 Å². The Morgan fingerprint density at radius 1 is 0.877 bits per heavy atom. The quantitative estimate of drug-likeness (QED) is 0.0579. The maximum absolute atomic E-state index is 14.6. The number of nitrogens with zero attached hydrogens (tertiary/aromatic N) is 1. The van der Waals surface area contributed by atoms with E-state index in [-0.39, 0.29) is 44.0 Å². The normalized spacial score (nSPS) is 17.0. The maximum Gasteiger partial charge on any atom is 0.417 e. The Kier molecular flexibility index (Phi) is 15.6. The predicted octanol–water partition coefficient (Wildman–Crippen LogP) is 6.79. The first-order chi connectivity index (χ1) is 27.5. The van der Waals surface area contributed by atoms with Crippen molar-refractivity contribution < 1.29 is 48.0 Å². The molecule has 1 heterocycles. The molecule has 4 aromatic carbocycles. The molecule has 11 heteroatoms. The van der Waals surface area contributed by atoms with Gasteiger partial charge in [0.25, 0.3) is 0 Å². The fraction of sp³-hybridized carbons (Fsp3) is 0.326. The van der Waals surface area contributed by atoms with Crippen LogP contribution in [-0.4, -0.2) is 77.6 Å². The highest BCUT2D eigenvalue weighted by Crippen LogP contribution is 2.35. The van der Waals surface area contributed by atoms with E-state index in [2.05, 4.69) is 0 Å². The number of esters is 1. The van der Waals surface area contributed by atoms with E-state index in [1.54, 1.807) is 79.7 Å². The van der Waals surface area contributed by atoms with E-state index < -0.39 is 54.0 Å². The van der Waals surface area contributed by atoms with Crippen LogP contribution in [0.2, 0.25) is 0 Å². The summed E-state index contributed by atoms with van der Waals surface area (Å²) >= 11 is 0. The fourth-order valence-electron chi connectivity index (χ4n) is 6.72. The molecule has 5 atom stereocenters. The number of imide groups is 1. The standard InChI is InChI=1S/C46H49NO10/c1-31-15-13-22-37(25-31)39(41(50)23-14-24-54-30-38(28-48)55-29-35-18-9-5-10-19-35)27-42(51)44(56-33(3)49)40(26-34-16-7-4-8-17-34)45(52)47-32(2)43(57-46(47)53)36-20-11-6-12-21-36/h4-13,15-22,25,27,32,38,40,43-44,48H,14,23-24,26,28-30H2,1-3H3. The van der Waals surface area contributed by atoms with Gasteiger partial charge in [-0.3, -0.25) is 19.2 Å². The lowest BCUT2D eigenvalue weighted by Crippen LogP contribution is -2.49. The van der Waals surface area contributed by atoms with Crippen molar-refractivity contribution in [3.8, 4) is 0 Å². The van der Waals surface area contributed by atoms with Crippen LogP contribution >= 0.6 is 0 Å². The molecule has 0 aromatic heterocycles. The third-order valence-electron chi connectivity index (χ3n) is 9.63. The van der Waals surface area contributed by atoms with E-state index in [0.717, 1.165) is 29.0 Å². The van der Waals surface area contributed by atoms with Gasteiger partial charge in [0.05, 0.1) is 31.8 Å². The van der Waals surface area contributed by atoms with Crippen molar-refractivity contribution in [2.45, 2.75) is 71.0 Å². The number of benzene rings is 4. The summed E-state index contributed by atoms with van der Waals surface area (Å²) in [5.41, 5.74) is 3.70. The maximum atomic E-state index is 14.6. The molecule has 0 bridgehead atoms. The van der Waals surface area contributed by atoms with E-state index >= 15 is 0 Å². The molecule has 1 aliphatic heterocycles. The number of carbonyl (C=O) groups excluding carboxylic acids is 5. The zero-order valence-electron chi connectivity index (χ0n) is 32.5. The van der Waals surface area contributed by atoms with Crippen LogP contribution in [0.5, 0.6) is 0 Å². The summed E-state index contributed by atoms with van der Waals surface area (Å²) in [6.45, 7) is 5.05. The topological polar surface area (TPSA) is 146 Å². The van der Waals surface area contributed by atoms with Gasteiger partial charge in [-0.25, -0.2) is 9.69 Å². The number of ketones is 2. The SMILES string of the molecule is CC(=O)OC(C(=O)C=C(C(=O)CCCOCC(CO)OCc1ccccc1)c1cccc(C)c1)C(Cc1ccccc1)C(=O)N1C(=O)OC(c2ccccc2)C1C. The smallest absolute Gasteiger partial charge is 0.417 e. The van der Waals surface area contributed by atoms with Crippen LogP contribution in [0.4, 0.5) is 4.79 Å². The Balaban J connectivity index is 1.37. The predicted molar refractivity (Wildman–Crippen MR) is 212 cm³/mol.